The molecule has 1 aliphatic heterocycles. The standard InChI is InChI=1S/C21H19ClN4S/c1-27-26-20(13-15-5-4-12-23-14-15)24-21(16-8-10-17(22)11-9-16)18-6-2-3-7-19(18)25-26/h2-12,14,20,25H,13H2,1H3. The summed E-state index contributed by atoms with van der Waals surface area (Å²) >= 11 is 7.72. The summed E-state index contributed by atoms with van der Waals surface area (Å²) in [5, 5.41) is 0.719. The maximum Gasteiger partial charge on any atom is 0.135 e. The number of aromatic nitrogens is 1. The van der Waals surface area contributed by atoms with Crippen LogP contribution in [0.2, 0.25) is 5.02 Å². The highest BCUT2D eigenvalue weighted by Gasteiger charge is 2.25. The van der Waals surface area contributed by atoms with Crippen molar-refractivity contribution < 1.29 is 0 Å². The predicted molar refractivity (Wildman–Crippen MR) is 114 cm³/mol. The van der Waals surface area contributed by atoms with E-state index in [0.717, 1.165) is 39.5 Å². The lowest BCUT2D eigenvalue weighted by atomic mass is 10.0. The third kappa shape index (κ3) is 4.00. The van der Waals surface area contributed by atoms with Crippen LogP contribution in [0.5, 0.6) is 0 Å². The van der Waals surface area contributed by atoms with Gasteiger partial charge in [-0.25, -0.2) is 0 Å². The zero-order valence-electron chi connectivity index (χ0n) is 14.8. The molecule has 0 bridgehead atoms. The number of fused-ring (bicyclic) bond motifs is 1. The van der Waals surface area contributed by atoms with Crippen LogP contribution < -0.4 is 5.43 Å². The maximum absolute atomic E-state index is 6.09. The van der Waals surface area contributed by atoms with Gasteiger partial charge < -0.3 is 5.43 Å². The minimum Gasteiger partial charge on any atom is -0.307 e. The van der Waals surface area contributed by atoms with Gasteiger partial charge in [-0.2, -0.15) is 0 Å². The number of benzene rings is 2. The quantitative estimate of drug-likeness (QED) is 0.628. The van der Waals surface area contributed by atoms with Crippen molar-refractivity contribution in [1.29, 1.82) is 0 Å². The fourth-order valence-corrected chi connectivity index (χ4v) is 3.80. The van der Waals surface area contributed by atoms with Crippen molar-refractivity contribution in [3.63, 3.8) is 0 Å². The molecule has 136 valence electrons. The Balaban J connectivity index is 1.81. The van der Waals surface area contributed by atoms with Gasteiger partial charge >= 0.3 is 0 Å². The average Bonchev–Trinajstić information content (AvgIpc) is 2.86. The Morgan fingerprint density at radius 2 is 1.89 bits per heavy atom. The van der Waals surface area contributed by atoms with Crippen molar-refractivity contribution in [3.8, 4) is 0 Å². The van der Waals surface area contributed by atoms with Crippen molar-refractivity contribution in [2.75, 3.05) is 11.7 Å². The number of hydrogen-bond acceptors (Lipinski definition) is 5. The number of halogens is 1. The summed E-state index contributed by atoms with van der Waals surface area (Å²) in [4.78, 5) is 9.39. The van der Waals surface area contributed by atoms with E-state index in [0.29, 0.717) is 0 Å². The van der Waals surface area contributed by atoms with Crippen LogP contribution in [0.1, 0.15) is 16.7 Å². The molecule has 1 atom stereocenters. The van der Waals surface area contributed by atoms with Gasteiger partial charge in [0.15, 0.2) is 0 Å². The molecule has 0 amide bonds. The van der Waals surface area contributed by atoms with Crippen LogP contribution in [0, 0.1) is 0 Å². The molecule has 1 aliphatic rings. The SMILES string of the molecule is CSN1Nc2ccccc2C(c2ccc(Cl)cc2)=NC1Cc1cccnc1. The van der Waals surface area contributed by atoms with Crippen molar-refractivity contribution in [3.05, 3.63) is 94.8 Å². The molecule has 0 spiro atoms. The van der Waals surface area contributed by atoms with Gasteiger partial charge in [0.25, 0.3) is 0 Å². The average molecular weight is 395 g/mol. The van der Waals surface area contributed by atoms with E-state index >= 15 is 0 Å². The van der Waals surface area contributed by atoms with Gasteiger partial charge in [0, 0.05) is 35.0 Å². The van der Waals surface area contributed by atoms with E-state index in [1.165, 1.54) is 0 Å². The number of aliphatic imine (C=N–C) groups is 1. The van der Waals surface area contributed by atoms with E-state index in [4.69, 9.17) is 16.6 Å². The zero-order valence-corrected chi connectivity index (χ0v) is 16.4. The summed E-state index contributed by atoms with van der Waals surface area (Å²) in [6.45, 7) is 0. The first kappa shape index (κ1) is 18.0. The summed E-state index contributed by atoms with van der Waals surface area (Å²) in [6.07, 6.45) is 6.41. The normalized spacial score (nSPS) is 16.8. The van der Waals surface area contributed by atoms with Gasteiger partial charge in [0.05, 0.1) is 11.4 Å². The van der Waals surface area contributed by atoms with Crippen molar-refractivity contribution in [2.45, 2.75) is 12.6 Å². The number of anilines is 1. The summed E-state index contributed by atoms with van der Waals surface area (Å²) < 4.78 is 2.09. The number of hydrogen-bond donors (Lipinski definition) is 1. The molecule has 0 fully saturated rings. The van der Waals surface area contributed by atoms with E-state index in [1.54, 1.807) is 18.1 Å². The smallest absolute Gasteiger partial charge is 0.135 e. The third-order valence-corrected chi connectivity index (χ3v) is 5.40. The maximum atomic E-state index is 6.09. The van der Waals surface area contributed by atoms with Crippen LogP contribution in [0.3, 0.4) is 0 Å². The van der Waals surface area contributed by atoms with Gasteiger partial charge in [-0.3, -0.25) is 9.98 Å². The first-order valence-electron chi connectivity index (χ1n) is 8.66. The van der Waals surface area contributed by atoms with Crippen LogP contribution in [-0.2, 0) is 6.42 Å². The molecule has 0 saturated heterocycles. The number of hydrazine groups is 1. The Morgan fingerprint density at radius 1 is 1.07 bits per heavy atom. The third-order valence-electron chi connectivity index (χ3n) is 4.42. The van der Waals surface area contributed by atoms with Gasteiger partial charge in [-0.05, 0) is 36.1 Å². The molecule has 1 N–H and O–H groups in total. The Morgan fingerprint density at radius 3 is 2.63 bits per heavy atom. The summed E-state index contributed by atoms with van der Waals surface area (Å²) in [7, 11) is 0. The van der Waals surface area contributed by atoms with Gasteiger partial charge in [-0.1, -0.05) is 59.9 Å². The van der Waals surface area contributed by atoms with Crippen LogP contribution in [0.15, 0.2) is 78.0 Å². The highest BCUT2D eigenvalue weighted by molar-refractivity contribution is 7.96. The summed E-state index contributed by atoms with van der Waals surface area (Å²) in [5.41, 5.74) is 8.79. The molecule has 6 heteroatoms. The highest BCUT2D eigenvalue weighted by Crippen LogP contribution is 2.29. The Hall–Kier alpha value is -2.34. The number of pyridine rings is 1. The summed E-state index contributed by atoms with van der Waals surface area (Å²) in [5.74, 6) is 0. The Labute approximate surface area is 168 Å². The molecular weight excluding hydrogens is 376 g/mol. The van der Waals surface area contributed by atoms with Gasteiger partial charge in [0.2, 0.25) is 0 Å². The molecule has 1 unspecified atom stereocenters. The highest BCUT2D eigenvalue weighted by atomic mass is 35.5. The van der Waals surface area contributed by atoms with Crippen LogP contribution >= 0.6 is 23.5 Å². The second kappa shape index (κ2) is 8.13. The molecular formula is C21H19ClN4S. The van der Waals surface area contributed by atoms with E-state index in [-0.39, 0.29) is 6.17 Å². The number of nitrogens with zero attached hydrogens (tertiary/aromatic N) is 3. The minimum absolute atomic E-state index is 0.0812. The number of nitrogens with one attached hydrogen (secondary N) is 1. The molecule has 1 aromatic heterocycles. The largest absolute Gasteiger partial charge is 0.307 e. The van der Waals surface area contributed by atoms with Gasteiger partial charge in [-0.15, -0.1) is 4.41 Å². The van der Waals surface area contributed by atoms with Crippen LogP contribution in [0.4, 0.5) is 5.69 Å². The van der Waals surface area contributed by atoms with Crippen molar-refractivity contribution >= 4 is 34.9 Å². The van der Waals surface area contributed by atoms with Gasteiger partial charge in [0.1, 0.15) is 6.17 Å². The second-order valence-corrected chi connectivity index (χ2v) is 7.39. The Kier molecular flexibility index (Phi) is 5.43. The van der Waals surface area contributed by atoms with E-state index < -0.39 is 0 Å². The molecule has 0 saturated carbocycles. The molecule has 27 heavy (non-hydrogen) atoms. The van der Waals surface area contributed by atoms with Crippen molar-refractivity contribution in [1.82, 2.24) is 9.40 Å². The molecule has 4 nitrogen and oxygen atoms in total. The number of para-hydroxylation sites is 1. The fraction of sp³-hybridized carbons (Fsp3) is 0.143. The minimum atomic E-state index is -0.0812. The summed E-state index contributed by atoms with van der Waals surface area (Å²) in [6, 6.07) is 20.1. The fourth-order valence-electron chi connectivity index (χ4n) is 3.11. The molecule has 4 rings (SSSR count). The van der Waals surface area contributed by atoms with E-state index in [9.17, 15) is 0 Å². The van der Waals surface area contributed by atoms with Crippen LogP contribution in [0.25, 0.3) is 0 Å². The van der Waals surface area contributed by atoms with Crippen LogP contribution in [-0.4, -0.2) is 27.5 Å². The molecule has 2 heterocycles. The lowest BCUT2D eigenvalue weighted by molar-refractivity contribution is 0.417. The number of rotatable bonds is 4. The molecule has 2 aromatic carbocycles. The zero-order chi connectivity index (χ0) is 18.6. The van der Waals surface area contributed by atoms with E-state index in [2.05, 4.69) is 39.3 Å². The molecule has 3 aromatic rings. The second-order valence-electron chi connectivity index (χ2n) is 6.20. The first-order valence-corrected chi connectivity index (χ1v) is 10.2. The first-order chi connectivity index (χ1) is 13.2. The topological polar surface area (TPSA) is 40.5 Å². The molecule has 0 aliphatic carbocycles. The van der Waals surface area contributed by atoms with E-state index in [1.807, 2.05) is 48.7 Å². The lowest BCUT2D eigenvalue weighted by Gasteiger charge is -2.26. The monoisotopic (exact) mass is 394 g/mol. The predicted octanol–water partition coefficient (Wildman–Crippen LogP) is 5.06. The Bertz CT molecular complexity index is 944. The molecule has 0 radical (unpaired) electrons. The lowest BCUT2D eigenvalue weighted by Crippen LogP contribution is -2.33. The van der Waals surface area contributed by atoms with Crippen molar-refractivity contribution in [2.24, 2.45) is 4.99 Å².